The molecule has 0 aliphatic rings. The fraction of sp³-hybridized carbons (Fsp3) is 0. The largest absolute Gasteiger partial charge is 0.472 e. The molecule has 1 aromatic carbocycles. The minimum atomic E-state index is 1.07. The molecule has 0 spiro atoms. The summed E-state index contributed by atoms with van der Waals surface area (Å²) in [5.41, 5.74) is 2.24. The predicted molar refractivity (Wildman–Crippen MR) is 61.8 cm³/mol. The summed E-state index contributed by atoms with van der Waals surface area (Å²) in [6.07, 6.45) is 7.45. The van der Waals surface area contributed by atoms with E-state index in [0.717, 1.165) is 10.0 Å². The lowest BCUT2D eigenvalue weighted by molar-refractivity contribution is 0.567. The van der Waals surface area contributed by atoms with Gasteiger partial charge < -0.3 is 4.42 Å². The molecule has 1 heterocycles. The molecular formula is C12H9BrO. The Morgan fingerprint density at radius 3 is 2.64 bits per heavy atom. The van der Waals surface area contributed by atoms with Gasteiger partial charge in [-0.3, -0.25) is 0 Å². The Kier molecular flexibility index (Phi) is 2.84. The van der Waals surface area contributed by atoms with Crippen LogP contribution < -0.4 is 0 Å². The van der Waals surface area contributed by atoms with E-state index < -0.39 is 0 Å². The van der Waals surface area contributed by atoms with Crippen molar-refractivity contribution < 1.29 is 4.42 Å². The van der Waals surface area contributed by atoms with Crippen molar-refractivity contribution >= 4 is 28.1 Å². The molecule has 0 aliphatic carbocycles. The zero-order valence-corrected chi connectivity index (χ0v) is 9.07. The van der Waals surface area contributed by atoms with Crippen LogP contribution in [0.25, 0.3) is 12.2 Å². The van der Waals surface area contributed by atoms with Gasteiger partial charge in [0.05, 0.1) is 12.5 Å². The van der Waals surface area contributed by atoms with Gasteiger partial charge in [0.2, 0.25) is 0 Å². The summed E-state index contributed by atoms with van der Waals surface area (Å²) in [5.74, 6) is 0. The van der Waals surface area contributed by atoms with Crippen LogP contribution in [0.3, 0.4) is 0 Å². The van der Waals surface area contributed by atoms with Crippen LogP contribution >= 0.6 is 15.9 Å². The monoisotopic (exact) mass is 248 g/mol. The summed E-state index contributed by atoms with van der Waals surface area (Å²) in [6.45, 7) is 0. The van der Waals surface area contributed by atoms with Crippen LogP contribution in [0.4, 0.5) is 0 Å². The molecule has 70 valence electrons. The predicted octanol–water partition coefficient (Wildman–Crippen LogP) is 4.21. The van der Waals surface area contributed by atoms with E-state index >= 15 is 0 Å². The molecular weight excluding hydrogens is 240 g/mol. The average Bonchev–Trinajstić information content (AvgIpc) is 2.67. The molecule has 0 radical (unpaired) electrons. The van der Waals surface area contributed by atoms with Gasteiger partial charge in [-0.05, 0) is 23.8 Å². The first-order valence-corrected chi connectivity index (χ1v) is 5.10. The van der Waals surface area contributed by atoms with E-state index in [4.69, 9.17) is 4.42 Å². The normalized spacial score (nSPS) is 10.9. The van der Waals surface area contributed by atoms with Crippen molar-refractivity contribution in [1.82, 2.24) is 0 Å². The van der Waals surface area contributed by atoms with E-state index in [1.54, 1.807) is 12.5 Å². The molecule has 0 atom stereocenters. The summed E-state index contributed by atoms with van der Waals surface area (Å²) in [6, 6.07) is 10.1. The second-order valence-electron chi connectivity index (χ2n) is 2.95. The first kappa shape index (κ1) is 9.28. The molecule has 1 aromatic heterocycles. The Labute approximate surface area is 91.2 Å². The Bertz CT molecular complexity index is 429. The first-order valence-electron chi connectivity index (χ1n) is 4.30. The SMILES string of the molecule is Brc1cccc(/C=C/c2ccoc2)c1. The molecule has 0 aliphatic heterocycles. The second-order valence-corrected chi connectivity index (χ2v) is 3.86. The molecule has 0 saturated carbocycles. The molecule has 0 amide bonds. The van der Waals surface area contributed by atoms with Gasteiger partial charge in [0, 0.05) is 10.0 Å². The Hall–Kier alpha value is -1.28. The van der Waals surface area contributed by atoms with Crippen molar-refractivity contribution in [2.75, 3.05) is 0 Å². The maximum absolute atomic E-state index is 4.97. The lowest BCUT2D eigenvalue weighted by Crippen LogP contribution is -1.70. The van der Waals surface area contributed by atoms with Gasteiger partial charge >= 0.3 is 0 Å². The van der Waals surface area contributed by atoms with Crippen LogP contribution in [0.2, 0.25) is 0 Å². The second kappa shape index (κ2) is 4.29. The summed E-state index contributed by atoms with van der Waals surface area (Å²) < 4.78 is 6.06. The molecule has 2 aromatic rings. The van der Waals surface area contributed by atoms with Gasteiger partial charge in [-0.25, -0.2) is 0 Å². The summed E-state index contributed by atoms with van der Waals surface area (Å²) in [4.78, 5) is 0. The topological polar surface area (TPSA) is 13.1 Å². The molecule has 0 unspecified atom stereocenters. The van der Waals surface area contributed by atoms with Crippen LogP contribution in [-0.2, 0) is 0 Å². The van der Waals surface area contributed by atoms with E-state index in [1.165, 1.54) is 5.56 Å². The average molecular weight is 249 g/mol. The number of rotatable bonds is 2. The molecule has 1 nitrogen and oxygen atoms in total. The molecule has 0 bridgehead atoms. The van der Waals surface area contributed by atoms with E-state index in [1.807, 2.05) is 24.3 Å². The van der Waals surface area contributed by atoms with Crippen LogP contribution in [0.5, 0.6) is 0 Å². The van der Waals surface area contributed by atoms with Crippen molar-refractivity contribution in [3.05, 3.63) is 58.5 Å². The molecule has 0 fully saturated rings. The Morgan fingerprint density at radius 2 is 1.93 bits per heavy atom. The van der Waals surface area contributed by atoms with Gasteiger partial charge in [-0.1, -0.05) is 40.2 Å². The lowest BCUT2D eigenvalue weighted by atomic mass is 10.2. The zero-order chi connectivity index (χ0) is 9.80. The number of hydrogen-bond acceptors (Lipinski definition) is 1. The standard InChI is InChI=1S/C12H9BrO/c13-12-3-1-2-10(8-12)4-5-11-6-7-14-9-11/h1-9H/b5-4+. The van der Waals surface area contributed by atoms with Gasteiger partial charge in [0.15, 0.2) is 0 Å². The van der Waals surface area contributed by atoms with E-state index in [0.29, 0.717) is 0 Å². The van der Waals surface area contributed by atoms with Crippen LogP contribution in [0, 0.1) is 0 Å². The molecule has 14 heavy (non-hydrogen) atoms. The lowest BCUT2D eigenvalue weighted by Gasteiger charge is -1.93. The number of furan rings is 1. The number of hydrogen-bond donors (Lipinski definition) is 0. The summed E-state index contributed by atoms with van der Waals surface area (Å²) in [7, 11) is 0. The van der Waals surface area contributed by atoms with Crippen molar-refractivity contribution in [1.29, 1.82) is 0 Å². The zero-order valence-electron chi connectivity index (χ0n) is 7.48. The quantitative estimate of drug-likeness (QED) is 0.776. The van der Waals surface area contributed by atoms with Gasteiger partial charge in [0.25, 0.3) is 0 Å². The minimum Gasteiger partial charge on any atom is -0.472 e. The molecule has 0 saturated heterocycles. The van der Waals surface area contributed by atoms with Gasteiger partial charge in [-0.15, -0.1) is 0 Å². The van der Waals surface area contributed by atoms with E-state index in [9.17, 15) is 0 Å². The van der Waals surface area contributed by atoms with E-state index in [-0.39, 0.29) is 0 Å². The maximum Gasteiger partial charge on any atom is 0.0974 e. The van der Waals surface area contributed by atoms with Crippen molar-refractivity contribution in [3.63, 3.8) is 0 Å². The third-order valence-electron chi connectivity index (χ3n) is 1.86. The first-order chi connectivity index (χ1) is 6.84. The molecule has 2 rings (SSSR count). The summed E-state index contributed by atoms with van der Waals surface area (Å²) >= 11 is 3.43. The maximum atomic E-state index is 4.97. The smallest absolute Gasteiger partial charge is 0.0974 e. The molecule has 2 heteroatoms. The highest BCUT2D eigenvalue weighted by molar-refractivity contribution is 9.10. The number of benzene rings is 1. The highest BCUT2D eigenvalue weighted by atomic mass is 79.9. The van der Waals surface area contributed by atoms with Crippen LogP contribution in [-0.4, -0.2) is 0 Å². The summed E-state index contributed by atoms with van der Waals surface area (Å²) in [5, 5.41) is 0. The fourth-order valence-electron chi connectivity index (χ4n) is 1.17. The van der Waals surface area contributed by atoms with E-state index in [2.05, 4.69) is 34.1 Å². The fourth-order valence-corrected chi connectivity index (χ4v) is 1.59. The Morgan fingerprint density at radius 1 is 1.07 bits per heavy atom. The van der Waals surface area contributed by atoms with Crippen molar-refractivity contribution in [2.45, 2.75) is 0 Å². The van der Waals surface area contributed by atoms with Crippen LogP contribution in [0.1, 0.15) is 11.1 Å². The van der Waals surface area contributed by atoms with Gasteiger partial charge in [0.1, 0.15) is 0 Å². The molecule has 0 N–H and O–H groups in total. The number of halogens is 1. The van der Waals surface area contributed by atoms with Crippen LogP contribution in [0.15, 0.2) is 51.7 Å². The third-order valence-corrected chi connectivity index (χ3v) is 2.35. The van der Waals surface area contributed by atoms with Gasteiger partial charge in [-0.2, -0.15) is 0 Å². The van der Waals surface area contributed by atoms with Crippen molar-refractivity contribution in [3.8, 4) is 0 Å². The van der Waals surface area contributed by atoms with Crippen molar-refractivity contribution in [2.24, 2.45) is 0 Å². The third kappa shape index (κ3) is 2.36. The Balaban J connectivity index is 2.18. The minimum absolute atomic E-state index is 1.07. The highest BCUT2D eigenvalue weighted by Crippen LogP contribution is 2.14. The highest BCUT2D eigenvalue weighted by Gasteiger charge is 1.89.